The van der Waals surface area contributed by atoms with Crippen LogP contribution in [0.15, 0.2) is 36.4 Å². The van der Waals surface area contributed by atoms with Crippen LogP contribution in [0.5, 0.6) is 0 Å². The van der Waals surface area contributed by atoms with Crippen molar-refractivity contribution in [2.24, 2.45) is 0 Å². The molecule has 2 aromatic carbocycles. The van der Waals surface area contributed by atoms with Gasteiger partial charge in [-0.3, -0.25) is 0 Å². The molecule has 0 heterocycles. The van der Waals surface area contributed by atoms with Crippen LogP contribution in [0, 0.1) is 12.1 Å². The summed E-state index contributed by atoms with van der Waals surface area (Å²) in [6, 6.07) is 17.5. The van der Waals surface area contributed by atoms with E-state index < -0.39 is 0 Å². The van der Waals surface area contributed by atoms with Gasteiger partial charge in [-0.2, -0.15) is 0 Å². The maximum Gasteiger partial charge on any atom is 0.0897 e. The van der Waals surface area contributed by atoms with Crippen LogP contribution in [0.1, 0.15) is 68.6 Å². The second-order valence-corrected chi connectivity index (χ2v) is 7.75. The van der Waals surface area contributed by atoms with E-state index >= 15 is 0 Å². The summed E-state index contributed by atoms with van der Waals surface area (Å²) >= 11 is 0. The maximum atomic E-state index is 12.9. The number of hydrogen-bond acceptors (Lipinski definition) is 1. The van der Waals surface area contributed by atoms with Gasteiger partial charge in [0.2, 0.25) is 0 Å². The van der Waals surface area contributed by atoms with Crippen LogP contribution in [0.3, 0.4) is 0 Å². The molecule has 1 radical (unpaired) electrons. The monoisotopic (exact) mass is 381 g/mol. The Balaban J connectivity index is 0.00000264. The minimum absolute atomic E-state index is 0. The first-order valence-corrected chi connectivity index (χ1v) is 7.69. The molecule has 0 fully saturated rings. The molecule has 0 atom stereocenters. The van der Waals surface area contributed by atoms with Crippen molar-refractivity contribution in [3.8, 4) is 0 Å². The molecule has 0 bridgehead atoms. The fourth-order valence-corrected chi connectivity index (χ4v) is 2.75. The van der Waals surface area contributed by atoms with Gasteiger partial charge in [-0.25, -0.2) is 0 Å². The van der Waals surface area contributed by atoms with E-state index in [0.717, 1.165) is 5.56 Å². The van der Waals surface area contributed by atoms with Gasteiger partial charge in [-0.15, -0.1) is 70.8 Å². The van der Waals surface area contributed by atoms with E-state index in [4.69, 9.17) is 0 Å². The standard InChI is InChI=1S/C21H24O.Y/c1-20(2,3)17-14-10-13-16(18(17)21(4,5)6)19(22)15-11-8-7-9-12-15;/h7-11,14H,1-6H3;/q-2;. The number of carbonyl (C=O) groups excluding carboxylic acids is 1. The summed E-state index contributed by atoms with van der Waals surface area (Å²) in [5.41, 5.74) is 3.41. The number of rotatable bonds is 2. The van der Waals surface area contributed by atoms with Gasteiger partial charge in [0.15, 0.2) is 0 Å². The molecule has 2 heteroatoms. The molecule has 1 nitrogen and oxygen atoms in total. The largest absolute Gasteiger partial charge is 0.348 e. The minimum Gasteiger partial charge on any atom is -0.348 e. The van der Waals surface area contributed by atoms with Crippen molar-refractivity contribution in [1.29, 1.82) is 0 Å². The van der Waals surface area contributed by atoms with Gasteiger partial charge < -0.3 is 4.79 Å². The van der Waals surface area contributed by atoms with Gasteiger partial charge in [-0.05, 0) is 10.8 Å². The van der Waals surface area contributed by atoms with Crippen molar-refractivity contribution >= 4 is 5.78 Å². The van der Waals surface area contributed by atoms with E-state index in [-0.39, 0.29) is 49.3 Å². The third kappa shape index (κ3) is 4.61. The molecule has 119 valence electrons. The van der Waals surface area contributed by atoms with Crippen molar-refractivity contribution in [3.63, 3.8) is 0 Å². The molecule has 0 aliphatic rings. The molecule has 0 unspecified atom stereocenters. The van der Waals surface area contributed by atoms with E-state index in [9.17, 15) is 4.79 Å². The minimum atomic E-state index is -0.125. The Kier molecular flexibility index (Phi) is 6.52. The third-order valence-corrected chi connectivity index (χ3v) is 3.74. The molecule has 2 rings (SSSR count). The van der Waals surface area contributed by atoms with Crippen LogP contribution in [-0.2, 0) is 43.5 Å². The van der Waals surface area contributed by atoms with Gasteiger partial charge in [0.05, 0.1) is 5.78 Å². The summed E-state index contributed by atoms with van der Waals surface area (Å²) < 4.78 is 0. The first-order valence-electron chi connectivity index (χ1n) is 7.69. The van der Waals surface area contributed by atoms with Crippen molar-refractivity contribution in [2.45, 2.75) is 52.4 Å². The molecule has 23 heavy (non-hydrogen) atoms. The topological polar surface area (TPSA) is 17.1 Å². The van der Waals surface area contributed by atoms with E-state index in [1.165, 1.54) is 5.56 Å². The molecule has 0 aliphatic heterocycles. The van der Waals surface area contributed by atoms with Crippen molar-refractivity contribution in [2.75, 3.05) is 0 Å². The Morgan fingerprint density at radius 1 is 0.870 bits per heavy atom. The Hall–Kier alpha value is -0.786. The van der Waals surface area contributed by atoms with Crippen LogP contribution in [0.25, 0.3) is 0 Å². The van der Waals surface area contributed by atoms with Gasteiger partial charge in [0.25, 0.3) is 0 Å². The Morgan fingerprint density at radius 2 is 1.52 bits per heavy atom. The predicted molar refractivity (Wildman–Crippen MR) is 91.4 cm³/mol. The van der Waals surface area contributed by atoms with Gasteiger partial charge in [0.1, 0.15) is 0 Å². The summed E-state index contributed by atoms with van der Waals surface area (Å²) in [7, 11) is 0. The van der Waals surface area contributed by atoms with Gasteiger partial charge in [-0.1, -0.05) is 41.5 Å². The third-order valence-electron chi connectivity index (χ3n) is 3.74. The zero-order valence-electron chi connectivity index (χ0n) is 14.9. The van der Waals surface area contributed by atoms with E-state index in [1.54, 1.807) is 6.07 Å². The number of ketones is 1. The van der Waals surface area contributed by atoms with Crippen LogP contribution >= 0.6 is 0 Å². The van der Waals surface area contributed by atoms with Crippen molar-refractivity contribution < 1.29 is 37.5 Å². The molecule has 2 aromatic rings. The first-order chi connectivity index (χ1) is 10.1. The van der Waals surface area contributed by atoms with Crippen LogP contribution in [-0.4, -0.2) is 5.78 Å². The van der Waals surface area contributed by atoms with Gasteiger partial charge >= 0.3 is 0 Å². The Morgan fingerprint density at radius 3 is 2.00 bits per heavy atom. The SMILES string of the molecule is CC(C)(C)c1cc[c-]c(C(=O)c2[c-]cccc2)c1C(C)(C)C.[Y]. The number of carbonyl (C=O) groups is 1. The van der Waals surface area contributed by atoms with E-state index in [2.05, 4.69) is 59.7 Å². The quantitative estimate of drug-likeness (QED) is 0.522. The number of hydrogen-bond donors (Lipinski definition) is 0. The molecule has 0 aromatic heterocycles. The molecular weight excluding hydrogens is 357 g/mol. The summed E-state index contributed by atoms with van der Waals surface area (Å²) in [6.45, 7) is 13.0. The maximum absolute atomic E-state index is 12.9. The van der Waals surface area contributed by atoms with E-state index in [1.807, 2.05) is 24.3 Å². The van der Waals surface area contributed by atoms with Crippen molar-refractivity contribution in [3.05, 3.63) is 70.8 Å². The zero-order valence-corrected chi connectivity index (χ0v) is 17.8. The summed E-state index contributed by atoms with van der Waals surface area (Å²) in [4.78, 5) is 12.9. The first kappa shape index (κ1) is 20.3. The normalized spacial score (nSPS) is 11.7. The van der Waals surface area contributed by atoms with Gasteiger partial charge in [0, 0.05) is 32.7 Å². The molecule has 0 spiro atoms. The molecule has 0 aliphatic carbocycles. The Bertz CT molecular complexity index is 673. The zero-order chi connectivity index (χ0) is 16.5. The van der Waals surface area contributed by atoms with Crippen LogP contribution in [0.2, 0.25) is 0 Å². The van der Waals surface area contributed by atoms with Crippen LogP contribution < -0.4 is 0 Å². The fourth-order valence-electron chi connectivity index (χ4n) is 2.75. The predicted octanol–water partition coefficient (Wildman–Crippen LogP) is 5.11. The molecular formula is C21H24OY-2. The second-order valence-electron chi connectivity index (χ2n) is 7.75. The summed E-state index contributed by atoms with van der Waals surface area (Å²) in [5, 5.41) is 0. The molecule has 0 N–H and O–H groups in total. The molecule has 0 amide bonds. The van der Waals surface area contributed by atoms with Crippen molar-refractivity contribution in [1.82, 2.24) is 0 Å². The average molecular weight is 381 g/mol. The van der Waals surface area contributed by atoms with E-state index in [0.29, 0.717) is 11.1 Å². The second kappa shape index (κ2) is 7.40. The van der Waals surface area contributed by atoms with Crippen LogP contribution in [0.4, 0.5) is 0 Å². The molecule has 0 saturated carbocycles. The number of benzene rings is 2. The Labute approximate surface area is 165 Å². The summed E-state index contributed by atoms with van der Waals surface area (Å²) in [5.74, 6) is -0.00312. The molecule has 0 saturated heterocycles. The smallest absolute Gasteiger partial charge is 0.0897 e. The average Bonchev–Trinajstić information content (AvgIpc) is 2.45. The fraction of sp³-hybridized carbons (Fsp3) is 0.381. The summed E-state index contributed by atoms with van der Waals surface area (Å²) in [6.07, 6.45) is 0.